The molecule has 1 fully saturated rings. The summed E-state index contributed by atoms with van der Waals surface area (Å²) in [6, 6.07) is 0. The molecule has 3 atom stereocenters. The number of nitrogen functional groups attached to an aromatic ring is 1. The van der Waals surface area contributed by atoms with Crippen molar-refractivity contribution in [1.29, 1.82) is 0 Å². The van der Waals surface area contributed by atoms with Crippen molar-refractivity contribution in [3.8, 4) is 0 Å². The number of nitrogens with one attached hydrogen (secondary N) is 1. The minimum Gasteiger partial charge on any atom is -0.394 e. The Morgan fingerprint density at radius 1 is 1.65 bits per heavy atom. The number of aromatic amines is 1. The van der Waals surface area contributed by atoms with Gasteiger partial charge in [0.2, 0.25) is 5.95 Å². The van der Waals surface area contributed by atoms with Crippen LogP contribution in [0, 0.1) is 0 Å². The van der Waals surface area contributed by atoms with E-state index in [4.69, 9.17) is 21.2 Å². The molecule has 3 rings (SSSR count). The molecule has 1 aliphatic heterocycles. The van der Waals surface area contributed by atoms with Crippen molar-refractivity contribution in [2.45, 2.75) is 24.9 Å². The molecule has 6 N–H and O–H groups in total. The van der Waals surface area contributed by atoms with Crippen LogP contribution in [0.15, 0.2) is 11.1 Å². The lowest BCUT2D eigenvalue weighted by Crippen LogP contribution is -2.29. The maximum absolute atomic E-state index is 11.7. The average molecular weight is 282 g/mol. The largest absolute Gasteiger partial charge is 0.394 e. The van der Waals surface area contributed by atoms with E-state index in [0.717, 1.165) is 0 Å². The fraction of sp³-hybridized carbons (Fsp3) is 0.500. The molecule has 20 heavy (non-hydrogen) atoms. The molecule has 1 saturated heterocycles. The number of aliphatic hydroxyl groups is 1. The van der Waals surface area contributed by atoms with Gasteiger partial charge in [0, 0.05) is 6.42 Å². The Morgan fingerprint density at radius 2 is 2.45 bits per heavy atom. The third-order valence-electron chi connectivity index (χ3n) is 3.30. The molecule has 2 aromatic rings. The topological polar surface area (TPSA) is 154 Å². The van der Waals surface area contributed by atoms with Crippen molar-refractivity contribution >= 4 is 17.1 Å². The van der Waals surface area contributed by atoms with Gasteiger partial charge in [-0.3, -0.25) is 19.2 Å². The molecule has 0 unspecified atom stereocenters. The van der Waals surface area contributed by atoms with Gasteiger partial charge in [0.1, 0.15) is 18.4 Å². The van der Waals surface area contributed by atoms with Crippen molar-refractivity contribution in [2.24, 2.45) is 5.90 Å². The van der Waals surface area contributed by atoms with Crippen LogP contribution in [0.1, 0.15) is 12.6 Å². The van der Waals surface area contributed by atoms with Crippen molar-refractivity contribution in [2.75, 3.05) is 12.3 Å². The SMILES string of the molecule is NO[C@H]1C[C@H](n2cnc3c(=O)[nH]c(N)nc32)O[C@@H]1CO. The van der Waals surface area contributed by atoms with Gasteiger partial charge in [0.15, 0.2) is 11.2 Å². The molecule has 0 aromatic carbocycles. The number of hydrogen-bond donors (Lipinski definition) is 4. The first-order chi connectivity index (χ1) is 9.63. The normalized spacial score (nSPS) is 26.4. The third-order valence-corrected chi connectivity index (χ3v) is 3.30. The third kappa shape index (κ3) is 1.94. The minimum absolute atomic E-state index is 0.00687. The summed E-state index contributed by atoms with van der Waals surface area (Å²) >= 11 is 0. The number of imidazole rings is 1. The highest BCUT2D eigenvalue weighted by Crippen LogP contribution is 2.31. The Labute approximate surface area is 112 Å². The number of rotatable bonds is 3. The number of ether oxygens (including phenoxy) is 1. The molecule has 0 aliphatic carbocycles. The Bertz CT molecular complexity index is 670. The van der Waals surface area contributed by atoms with Crippen LogP contribution in [-0.2, 0) is 9.57 Å². The molecule has 10 nitrogen and oxygen atoms in total. The average Bonchev–Trinajstić information content (AvgIpc) is 3.01. The lowest BCUT2D eigenvalue weighted by Gasteiger charge is -2.13. The summed E-state index contributed by atoms with van der Waals surface area (Å²) in [4.78, 5) is 26.9. The summed E-state index contributed by atoms with van der Waals surface area (Å²) in [5.74, 6) is 5.16. The van der Waals surface area contributed by atoms with E-state index in [9.17, 15) is 9.90 Å². The standard InChI is InChI=1S/C10H14N6O4/c11-10-14-8-7(9(18)15-10)13-3-16(8)6-1-4(20-12)5(2-17)19-6/h3-6,17H,1-2,12H2,(H3,11,14,15,18)/t4-,5+,6+/m0/s1. The van der Waals surface area contributed by atoms with Gasteiger partial charge in [-0.05, 0) is 0 Å². The summed E-state index contributed by atoms with van der Waals surface area (Å²) < 4.78 is 7.19. The van der Waals surface area contributed by atoms with Crippen LogP contribution in [0.25, 0.3) is 11.2 Å². The number of H-pyrrole nitrogens is 1. The second kappa shape index (κ2) is 4.83. The first kappa shape index (κ1) is 13.0. The zero-order valence-electron chi connectivity index (χ0n) is 10.4. The van der Waals surface area contributed by atoms with Crippen LogP contribution in [0.3, 0.4) is 0 Å². The number of aliphatic hydroxyl groups excluding tert-OH is 1. The number of nitrogens with zero attached hydrogens (tertiary/aromatic N) is 3. The lowest BCUT2D eigenvalue weighted by molar-refractivity contribution is -0.0612. The number of hydrogen-bond acceptors (Lipinski definition) is 8. The van der Waals surface area contributed by atoms with Crippen LogP contribution in [-0.4, -0.2) is 43.4 Å². The van der Waals surface area contributed by atoms with E-state index >= 15 is 0 Å². The van der Waals surface area contributed by atoms with Crippen LogP contribution in [0.2, 0.25) is 0 Å². The first-order valence-corrected chi connectivity index (χ1v) is 5.98. The summed E-state index contributed by atoms with van der Waals surface area (Å²) in [6.07, 6.45) is 0.370. The predicted molar refractivity (Wildman–Crippen MR) is 67.2 cm³/mol. The van der Waals surface area contributed by atoms with Gasteiger partial charge in [-0.2, -0.15) is 4.98 Å². The van der Waals surface area contributed by atoms with E-state index in [2.05, 4.69) is 15.0 Å². The van der Waals surface area contributed by atoms with E-state index in [1.54, 1.807) is 4.57 Å². The zero-order chi connectivity index (χ0) is 14.3. The maximum Gasteiger partial charge on any atom is 0.280 e. The molecule has 3 heterocycles. The van der Waals surface area contributed by atoms with Gasteiger partial charge >= 0.3 is 0 Å². The van der Waals surface area contributed by atoms with Gasteiger partial charge in [-0.15, -0.1) is 0 Å². The molecule has 10 heteroatoms. The number of aromatic nitrogens is 4. The highest BCUT2D eigenvalue weighted by atomic mass is 16.7. The Morgan fingerprint density at radius 3 is 3.10 bits per heavy atom. The fourth-order valence-electron chi connectivity index (χ4n) is 2.33. The Hall–Kier alpha value is -2.01. The van der Waals surface area contributed by atoms with E-state index in [-0.39, 0.29) is 18.1 Å². The summed E-state index contributed by atoms with van der Waals surface area (Å²) in [7, 11) is 0. The smallest absolute Gasteiger partial charge is 0.280 e. The lowest BCUT2D eigenvalue weighted by atomic mass is 10.2. The van der Waals surface area contributed by atoms with Crippen LogP contribution in [0.5, 0.6) is 0 Å². The number of nitrogens with two attached hydrogens (primary N) is 2. The zero-order valence-corrected chi connectivity index (χ0v) is 10.4. The molecule has 0 spiro atoms. The van der Waals surface area contributed by atoms with E-state index < -0.39 is 24.0 Å². The summed E-state index contributed by atoms with van der Waals surface area (Å²) in [6.45, 7) is -0.221. The Balaban J connectivity index is 2.01. The second-order valence-corrected chi connectivity index (χ2v) is 4.50. The minimum atomic E-state index is -0.540. The van der Waals surface area contributed by atoms with Crippen molar-refractivity contribution in [3.63, 3.8) is 0 Å². The fourth-order valence-corrected chi connectivity index (χ4v) is 2.33. The number of anilines is 1. The molecule has 0 saturated carbocycles. The van der Waals surface area contributed by atoms with Gasteiger partial charge in [-0.1, -0.05) is 0 Å². The molecule has 0 amide bonds. The second-order valence-electron chi connectivity index (χ2n) is 4.50. The summed E-state index contributed by atoms with van der Waals surface area (Å²) in [5, 5.41) is 9.21. The van der Waals surface area contributed by atoms with Crippen LogP contribution >= 0.6 is 0 Å². The van der Waals surface area contributed by atoms with Crippen LogP contribution in [0.4, 0.5) is 5.95 Å². The monoisotopic (exact) mass is 282 g/mol. The maximum atomic E-state index is 11.7. The van der Waals surface area contributed by atoms with Crippen molar-refractivity contribution < 1.29 is 14.7 Å². The molecular formula is C10H14N6O4. The van der Waals surface area contributed by atoms with Crippen LogP contribution < -0.4 is 17.2 Å². The first-order valence-electron chi connectivity index (χ1n) is 5.98. The molecular weight excluding hydrogens is 268 g/mol. The molecule has 0 radical (unpaired) electrons. The van der Waals surface area contributed by atoms with Crippen molar-refractivity contribution in [3.05, 3.63) is 16.7 Å². The highest BCUT2D eigenvalue weighted by molar-refractivity contribution is 5.70. The van der Waals surface area contributed by atoms with Gasteiger partial charge in [0.25, 0.3) is 5.56 Å². The molecule has 108 valence electrons. The van der Waals surface area contributed by atoms with E-state index in [1.807, 2.05) is 0 Å². The summed E-state index contributed by atoms with van der Waals surface area (Å²) in [5.41, 5.74) is 5.58. The predicted octanol–water partition coefficient (Wildman–Crippen LogP) is -1.76. The molecule has 0 bridgehead atoms. The molecule has 2 aromatic heterocycles. The quantitative estimate of drug-likeness (QED) is 0.483. The van der Waals surface area contributed by atoms with Crippen molar-refractivity contribution in [1.82, 2.24) is 19.5 Å². The Kier molecular flexibility index (Phi) is 3.14. The van der Waals surface area contributed by atoms with E-state index in [0.29, 0.717) is 12.1 Å². The highest BCUT2D eigenvalue weighted by Gasteiger charge is 2.37. The van der Waals surface area contributed by atoms with E-state index in [1.165, 1.54) is 6.33 Å². The van der Waals surface area contributed by atoms with Gasteiger partial charge < -0.3 is 15.6 Å². The number of fused-ring (bicyclic) bond motifs is 1. The molecule has 1 aliphatic rings. The van der Waals surface area contributed by atoms with Gasteiger partial charge in [0.05, 0.1) is 12.9 Å². The van der Waals surface area contributed by atoms with Gasteiger partial charge in [-0.25, -0.2) is 10.9 Å².